The topological polar surface area (TPSA) is 64.4 Å². The van der Waals surface area contributed by atoms with Gasteiger partial charge in [0.2, 0.25) is 5.91 Å². The van der Waals surface area contributed by atoms with Gasteiger partial charge in [-0.3, -0.25) is 9.59 Å². The highest BCUT2D eigenvalue weighted by Crippen LogP contribution is 2.23. The predicted molar refractivity (Wildman–Crippen MR) is 80.9 cm³/mol. The summed E-state index contributed by atoms with van der Waals surface area (Å²) in [7, 11) is 1.70. The number of likely N-dealkylation sites (tertiary alicyclic amines) is 1. The van der Waals surface area contributed by atoms with Crippen molar-refractivity contribution in [1.82, 2.24) is 9.80 Å². The maximum atomic E-state index is 12.5. The molecule has 0 aromatic carbocycles. The second-order valence-corrected chi connectivity index (χ2v) is 6.10. The molecular weight excluding hydrogens is 286 g/mol. The summed E-state index contributed by atoms with van der Waals surface area (Å²) in [5, 5.41) is 10.5. The minimum Gasteiger partial charge on any atom is -0.343 e. The number of hydrogen-bond donors (Lipinski definition) is 0. The number of hydrogen-bond acceptors (Lipinski definition) is 4. The zero-order valence-electron chi connectivity index (χ0n) is 12.1. The molecule has 1 fully saturated rings. The Kier molecular flexibility index (Phi) is 5.34. The van der Waals surface area contributed by atoms with E-state index in [-0.39, 0.29) is 11.8 Å². The quantitative estimate of drug-likeness (QED) is 0.856. The van der Waals surface area contributed by atoms with Crippen LogP contribution in [0, 0.1) is 11.3 Å². The smallest absolute Gasteiger partial charge is 0.264 e. The average Bonchev–Trinajstić information content (AvgIpc) is 3.05. The van der Waals surface area contributed by atoms with E-state index in [0.717, 1.165) is 12.8 Å². The molecule has 1 aromatic rings. The molecule has 2 heterocycles. The Morgan fingerprint density at radius 2 is 2.33 bits per heavy atom. The third-order valence-electron chi connectivity index (χ3n) is 3.72. The van der Waals surface area contributed by atoms with E-state index in [2.05, 4.69) is 0 Å². The van der Waals surface area contributed by atoms with Gasteiger partial charge >= 0.3 is 0 Å². The van der Waals surface area contributed by atoms with Crippen LogP contribution in [0.4, 0.5) is 0 Å². The van der Waals surface area contributed by atoms with Crippen LogP contribution < -0.4 is 0 Å². The van der Waals surface area contributed by atoms with Crippen LogP contribution in [0.25, 0.3) is 0 Å². The normalized spacial score (nSPS) is 18.1. The molecule has 0 spiro atoms. The summed E-state index contributed by atoms with van der Waals surface area (Å²) in [6, 6.07) is 5.29. The number of nitriles is 1. The van der Waals surface area contributed by atoms with Crippen molar-refractivity contribution in [2.24, 2.45) is 0 Å². The van der Waals surface area contributed by atoms with Gasteiger partial charge < -0.3 is 9.80 Å². The lowest BCUT2D eigenvalue weighted by molar-refractivity contribution is -0.135. The van der Waals surface area contributed by atoms with E-state index in [1.54, 1.807) is 22.9 Å². The molecule has 2 amide bonds. The molecule has 1 aromatic heterocycles. The molecule has 6 heteroatoms. The first-order chi connectivity index (χ1) is 10.1. The number of rotatable bonds is 4. The van der Waals surface area contributed by atoms with E-state index in [1.807, 2.05) is 17.5 Å². The van der Waals surface area contributed by atoms with Crippen LogP contribution in [0.1, 0.15) is 35.4 Å². The maximum absolute atomic E-state index is 12.5. The molecular formula is C15H19N3O2S. The van der Waals surface area contributed by atoms with Crippen LogP contribution in [0.5, 0.6) is 0 Å². The highest BCUT2D eigenvalue weighted by Gasteiger charge is 2.34. The van der Waals surface area contributed by atoms with Crippen molar-refractivity contribution < 1.29 is 9.59 Å². The highest BCUT2D eigenvalue weighted by atomic mass is 32.1. The van der Waals surface area contributed by atoms with E-state index >= 15 is 0 Å². The number of piperidine rings is 1. The van der Waals surface area contributed by atoms with Gasteiger partial charge in [-0.2, -0.15) is 5.26 Å². The Morgan fingerprint density at radius 1 is 1.52 bits per heavy atom. The van der Waals surface area contributed by atoms with Gasteiger partial charge in [0, 0.05) is 20.1 Å². The van der Waals surface area contributed by atoms with Crippen molar-refractivity contribution in [3.63, 3.8) is 0 Å². The summed E-state index contributed by atoms with van der Waals surface area (Å²) < 4.78 is 0. The molecule has 0 aliphatic carbocycles. The Labute approximate surface area is 128 Å². The molecule has 112 valence electrons. The summed E-state index contributed by atoms with van der Waals surface area (Å²) in [6.07, 6.45) is 2.90. The molecule has 0 radical (unpaired) electrons. The summed E-state index contributed by atoms with van der Waals surface area (Å²) in [5.41, 5.74) is 0. The lowest BCUT2D eigenvalue weighted by Gasteiger charge is -2.36. The maximum Gasteiger partial charge on any atom is 0.264 e. The Hall–Kier alpha value is -1.87. The second kappa shape index (κ2) is 7.23. The van der Waals surface area contributed by atoms with Crippen molar-refractivity contribution in [3.8, 4) is 6.07 Å². The van der Waals surface area contributed by atoms with E-state index in [4.69, 9.17) is 5.26 Å². The van der Waals surface area contributed by atoms with Crippen LogP contribution in [-0.4, -0.2) is 47.8 Å². The molecule has 1 unspecified atom stereocenters. The van der Waals surface area contributed by atoms with E-state index in [9.17, 15) is 9.59 Å². The zero-order chi connectivity index (χ0) is 15.2. The summed E-state index contributed by atoms with van der Waals surface area (Å²) in [5.74, 6) is -0.119. The van der Waals surface area contributed by atoms with Crippen molar-refractivity contribution in [3.05, 3.63) is 22.4 Å². The van der Waals surface area contributed by atoms with Crippen molar-refractivity contribution >= 4 is 23.2 Å². The molecule has 1 atom stereocenters. The number of carbonyl (C=O) groups is 2. The van der Waals surface area contributed by atoms with Crippen LogP contribution in [-0.2, 0) is 4.79 Å². The first-order valence-electron chi connectivity index (χ1n) is 7.11. The van der Waals surface area contributed by atoms with Crippen LogP contribution in [0.3, 0.4) is 0 Å². The molecule has 21 heavy (non-hydrogen) atoms. The third kappa shape index (κ3) is 3.61. The molecule has 1 saturated heterocycles. The van der Waals surface area contributed by atoms with E-state index < -0.39 is 6.04 Å². The van der Waals surface area contributed by atoms with Crippen molar-refractivity contribution in [1.29, 1.82) is 5.26 Å². The number of nitrogens with zero attached hydrogens (tertiary/aromatic N) is 3. The summed E-state index contributed by atoms with van der Waals surface area (Å²) >= 11 is 1.40. The fourth-order valence-electron chi connectivity index (χ4n) is 2.56. The third-order valence-corrected chi connectivity index (χ3v) is 4.57. The van der Waals surface area contributed by atoms with Gasteiger partial charge in [0.25, 0.3) is 5.91 Å². The largest absolute Gasteiger partial charge is 0.343 e. The number of likely N-dealkylation sites (N-methyl/N-ethyl adjacent to an activating group) is 1. The fourth-order valence-corrected chi connectivity index (χ4v) is 3.23. The van der Waals surface area contributed by atoms with Crippen LogP contribution in [0.2, 0.25) is 0 Å². The average molecular weight is 305 g/mol. The first-order valence-corrected chi connectivity index (χ1v) is 7.99. The Morgan fingerprint density at radius 3 is 3.00 bits per heavy atom. The van der Waals surface area contributed by atoms with Gasteiger partial charge in [-0.25, -0.2) is 0 Å². The van der Waals surface area contributed by atoms with Gasteiger partial charge in [0.05, 0.1) is 17.4 Å². The lowest BCUT2D eigenvalue weighted by atomic mass is 10.0. The molecule has 2 rings (SSSR count). The molecule has 1 aliphatic rings. The number of carbonyl (C=O) groups excluding carboxylic acids is 2. The Balaban J connectivity index is 2.10. The number of thiophene rings is 1. The molecule has 0 bridgehead atoms. The zero-order valence-corrected chi connectivity index (χ0v) is 12.9. The summed E-state index contributed by atoms with van der Waals surface area (Å²) in [6.45, 7) is 1.03. The minimum absolute atomic E-state index is 0.0586. The minimum atomic E-state index is -0.392. The fraction of sp³-hybridized carbons (Fsp3) is 0.533. The second-order valence-electron chi connectivity index (χ2n) is 5.16. The van der Waals surface area contributed by atoms with Crippen molar-refractivity contribution in [2.45, 2.75) is 31.7 Å². The van der Waals surface area contributed by atoms with Gasteiger partial charge in [-0.05, 0) is 30.7 Å². The first kappa shape index (κ1) is 15.5. The molecule has 5 nitrogen and oxygen atoms in total. The Bertz CT molecular complexity index is 536. The number of amides is 2. The predicted octanol–water partition coefficient (Wildman–Crippen LogP) is 2.11. The van der Waals surface area contributed by atoms with Gasteiger partial charge in [0.15, 0.2) is 0 Å². The lowest BCUT2D eigenvalue weighted by Crippen LogP contribution is -2.52. The molecule has 1 aliphatic heterocycles. The van der Waals surface area contributed by atoms with Crippen molar-refractivity contribution in [2.75, 3.05) is 20.1 Å². The van der Waals surface area contributed by atoms with E-state index in [1.165, 1.54) is 11.3 Å². The van der Waals surface area contributed by atoms with Gasteiger partial charge in [0.1, 0.15) is 6.04 Å². The molecule has 0 saturated carbocycles. The SMILES string of the molecule is CN(CCC#N)C(=O)C1CCCCN1C(=O)c1cccs1. The molecule has 0 N–H and O–H groups in total. The highest BCUT2D eigenvalue weighted by molar-refractivity contribution is 7.12. The van der Waals surface area contributed by atoms with Gasteiger partial charge in [-0.15, -0.1) is 11.3 Å². The summed E-state index contributed by atoms with van der Waals surface area (Å²) in [4.78, 5) is 29.0. The standard InChI is InChI=1S/C15H19N3O2S/c1-17(9-5-8-16)14(19)12-6-2-3-10-18(12)15(20)13-7-4-11-21-13/h4,7,11-12H,2-3,5-6,9-10H2,1H3. The monoisotopic (exact) mass is 305 g/mol. The van der Waals surface area contributed by atoms with Gasteiger partial charge in [-0.1, -0.05) is 6.07 Å². The van der Waals surface area contributed by atoms with Crippen LogP contribution >= 0.6 is 11.3 Å². The van der Waals surface area contributed by atoms with E-state index in [0.29, 0.717) is 30.8 Å². The van der Waals surface area contributed by atoms with Crippen LogP contribution in [0.15, 0.2) is 17.5 Å².